The minimum atomic E-state index is -0.828. The van der Waals surface area contributed by atoms with Crippen molar-refractivity contribution in [2.45, 2.75) is 17.4 Å². The molecule has 0 aromatic heterocycles. The normalized spacial score (nSPS) is 11.2. The van der Waals surface area contributed by atoms with E-state index < -0.39 is 11.9 Å². The smallest absolute Gasteiger partial charge is 0.304 e. The molecule has 0 spiro atoms. The second kappa shape index (κ2) is 12.9. The van der Waals surface area contributed by atoms with Gasteiger partial charge < -0.3 is 10.2 Å². The summed E-state index contributed by atoms with van der Waals surface area (Å²) in [6.07, 6.45) is 4.31. The first-order chi connectivity index (χ1) is 16.0. The van der Waals surface area contributed by atoms with Gasteiger partial charge in [0.25, 0.3) is 0 Å². The number of carbonyl (C=O) groups is 2. The van der Waals surface area contributed by atoms with Gasteiger partial charge in [-0.1, -0.05) is 78.9 Å². The van der Waals surface area contributed by atoms with Crippen molar-refractivity contribution in [2.24, 2.45) is 0 Å². The van der Waals surface area contributed by atoms with Crippen LogP contribution in [-0.2, 0) is 9.59 Å². The fourth-order valence-corrected chi connectivity index (χ4v) is 5.85. The predicted molar refractivity (Wildman–Crippen MR) is 139 cm³/mol. The first-order valence-corrected chi connectivity index (χ1v) is 12.7. The molecule has 3 aromatic rings. The molecule has 0 aliphatic carbocycles. The lowest BCUT2D eigenvalue weighted by atomic mass is 10.0. The van der Waals surface area contributed by atoms with Crippen molar-refractivity contribution in [3.63, 3.8) is 0 Å². The molecule has 0 saturated heterocycles. The highest BCUT2D eigenvalue weighted by molar-refractivity contribution is 8.16. The fraction of sp³-hybridized carbons (Fsp3) is 0.185. The molecule has 0 bridgehead atoms. The van der Waals surface area contributed by atoms with E-state index in [2.05, 4.69) is 48.6 Å². The Kier molecular flexibility index (Phi) is 9.66. The van der Waals surface area contributed by atoms with E-state index in [1.165, 1.54) is 5.56 Å². The minimum absolute atomic E-state index is 0.0153. The van der Waals surface area contributed by atoms with E-state index in [1.807, 2.05) is 42.5 Å². The van der Waals surface area contributed by atoms with Crippen LogP contribution in [0.1, 0.15) is 34.1 Å². The van der Waals surface area contributed by atoms with Crippen LogP contribution in [0.15, 0.2) is 78.9 Å². The van der Waals surface area contributed by atoms with Gasteiger partial charge in [-0.15, -0.1) is 23.5 Å². The topological polar surface area (TPSA) is 74.6 Å². The molecule has 0 aliphatic rings. The van der Waals surface area contributed by atoms with Crippen LogP contribution in [0.5, 0.6) is 0 Å². The van der Waals surface area contributed by atoms with Crippen LogP contribution in [0, 0.1) is 0 Å². The highest BCUT2D eigenvalue weighted by Gasteiger charge is 2.14. The Labute approximate surface area is 202 Å². The molecule has 170 valence electrons. The highest BCUT2D eigenvalue weighted by Crippen LogP contribution is 2.40. The summed E-state index contributed by atoms with van der Waals surface area (Å²) in [5.41, 5.74) is 5.54. The van der Waals surface area contributed by atoms with E-state index in [0.29, 0.717) is 11.5 Å². The van der Waals surface area contributed by atoms with Crippen molar-refractivity contribution in [1.29, 1.82) is 0 Å². The zero-order valence-electron chi connectivity index (χ0n) is 18.1. The SMILES string of the molecule is O=C(O)CCSC(SCCC(=O)O)c1cccc(/C=C/c2cccc(-c3ccccc3)c2)c1. The van der Waals surface area contributed by atoms with Crippen molar-refractivity contribution in [1.82, 2.24) is 0 Å². The number of hydrogen-bond donors (Lipinski definition) is 2. The van der Waals surface area contributed by atoms with E-state index in [4.69, 9.17) is 10.2 Å². The van der Waals surface area contributed by atoms with Gasteiger partial charge >= 0.3 is 11.9 Å². The molecule has 0 atom stereocenters. The van der Waals surface area contributed by atoms with Crippen LogP contribution in [-0.4, -0.2) is 33.7 Å². The Bertz CT molecular complexity index is 1080. The summed E-state index contributed by atoms with van der Waals surface area (Å²) in [6.45, 7) is 0. The Hall–Kier alpha value is -2.96. The van der Waals surface area contributed by atoms with Gasteiger partial charge in [0.15, 0.2) is 0 Å². The molecule has 4 nitrogen and oxygen atoms in total. The quantitative estimate of drug-likeness (QED) is 0.217. The van der Waals surface area contributed by atoms with Crippen molar-refractivity contribution < 1.29 is 19.8 Å². The number of hydrogen-bond acceptors (Lipinski definition) is 4. The maximum atomic E-state index is 10.9. The molecule has 33 heavy (non-hydrogen) atoms. The summed E-state index contributed by atoms with van der Waals surface area (Å²) in [6, 6.07) is 26.7. The number of carboxylic acids is 2. The molecule has 0 unspecified atom stereocenters. The van der Waals surface area contributed by atoms with Crippen LogP contribution >= 0.6 is 23.5 Å². The molecule has 0 fully saturated rings. The van der Waals surface area contributed by atoms with Crippen molar-refractivity contribution in [3.05, 3.63) is 95.6 Å². The Balaban J connectivity index is 1.74. The third-order valence-electron chi connectivity index (χ3n) is 4.82. The summed E-state index contributed by atoms with van der Waals surface area (Å²) >= 11 is 3.08. The number of thioether (sulfide) groups is 2. The Morgan fingerprint density at radius 2 is 1.24 bits per heavy atom. The van der Waals surface area contributed by atoms with E-state index in [1.54, 1.807) is 23.5 Å². The molecule has 6 heteroatoms. The molecule has 0 radical (unpaired) electrons. The van der Waals surface area contributed by atoms with E-state index in [9.17, 15) is 9.59 Å². The maximum absolute atomic E-state index is 10.9. The first kappa shape index (κ1) is 24.7. The lowest BCUT2D eigenvalue weighted by Gasteiger charge is -2.16. The monoisotopic (exact) mass is 478 g/mol. The van der Waals surface area contributed by atoms with Crippen LogP contribution in [0.3, 0.4) is 0 Å². The fourth-order valence-electron chi connectivity index (χ4n) is 3.20. The first-order valence-electron chi connectivity index (χ1n) is 10.6. The van der Waals surface area contributed by atoms with Gasteiger partial charge in [-0.2, -0.15) is 0 Å². The molecule has 3 aromatic carbocycles. The Morgan fingerprint density at radius 3 is 1.85 bits per heavy atom. The summed E-state index contributed by atoms with van der Waals surface area (Å²) in [4.78, 5) is 21.8. The highest BCUT2D eigenvalue weighted by atomic mass is 32.2. The predicted octanol–water partition coefficient (Wildman–Crippen LogP) is 6.94. The average Bonchev–Trinajstić information content (AvgIpc) is 2.82. The van der Waals surface area contributed by atoms with Gasteiger partial charge in [0, 0.05) is 11.5 Å². The second-order valence-electron chi connectivity index (χ2n) is 7.36. The standard InChI is InChI=1S/C27H26O4S2/c28-25(29)14-16-32-27(33-17-15-26(30)31)24-11-5-7-21(19-24)13-12-20-6-4-10-23(18-20)22-8-2-1-3-9-22/h1-13,18-19,27H,14-17H2,(H,28,29)(H,30,31)/b13-12+. The summed E-state index contributed by atoms with van der Waals surface area (Å²) in [5.74, 6) is -0.698. The third kappa shape index (κ3) is 8.48. The summed E-state index contributed by atoms with van der Waals surface area (Å²) in [5, 5.41) is 17.9. The summed E-state index contributed by atoms with van der Waals surface area (Å²) in [7, 11) is 0. The van der Waals surface area contributed by atoms with Crippen molar-refractivity contribution >= 4 is 47.6 Å². The zero-order chi connectivity index (χ0) is 23.5. The molecule has 0 aliphatic heterocycles. The maximum Gasteiger partial charge on any atom is 0.304 e. The van der Waals surface area contributed by atoms with Crippen LogP contribution in [0.25, 0.3) is 23.3 Å². The van der Waals surface area contributed by atoms with Crippen LogP contribution in [0.2, 0.25) is 0 Å². The van der Waals surface area contributed by atoms with Crippen molar-refractivity contribution in [3.8, 4) is 11.1 Å². The van der Waals surface area contributed by atoms with E-state index in [-0.39, 0.29) is 17.4 Å². The van der Waals surface area contributed by atoms with Gasteiger partial charge in [0.1, 0.15) is 0 Å². The van der Waals surface area contributed by atoms with Gasteiger partial charge in [-0.25, -0.2) is 0 Å². The minimum Gasteiger partial charge on any atom is -0.481 e. The molecule has 0 amide bonds. The van der Waals surface area contributed by atoms with Crippen LogP contribution < -0.4 is 0 Å². The van der Waals surface area contributed by atoms with Crippen molar-refractivity contribution in [2.75, 3.05) is 11.5 Å². The van der Waals surface area contributed by atoms with Gasteiger partial charge in [-0.05, 0) is 39.9 Å². The zero-order valence-corrected chi connectivity index (χ0v) is 19.7. The number of rotatable bonds is 12. The molecule has 0 saturated carbocycles. The molecular weight excluding hydrogens is 452 g/mol. The van der Waals surface area contributed by atoms with Gasteiger partial charge in [0.05, 0.1) is 17.4 Å². The molecule has 0 heterocycles. The van der Waals surface area contributed by atoms with E-state index >= 15 is 0 Å². The molecule has 3 rings (SSSR count). The van der Waals surface area contributed by atoms with E-state index in [0.717, 1.165) is 22.3 Å². The van der Waals surface area contributed by atoms with Crippen LogP contribution in [0.4, 0.5) is 0 Å². The lowest BCUT2D eigenvalue weighted by Crippen LogP contribution is -2.01. The lowest BCUT2D eigenvalue weighted by molar-refractivity contribution is -0.137. The van der Waals surface area contributed by atoms with Gasteiger partial charge in [-0.3, -0.25) is 9.59 Å². The number of carboxylic acid groups (broad SMARTS) is 2. The summed E-state index contributed by atoms with van der Waals surface area (Å²) < 4.78 is -0.0153. The third-order valence-corrected chi connectivity index (χ3v) is 7.66. The Morgan fingerprint density at radius 1 is 0.697 bits per heavy atom. The molecule has 2 N–H and O–H groups in total. The number of aliphatic carboxylic acids is 2. The molecular formula is C27H26O4S2. The second-order valence-corrected chi connectivity index (χ2v) is 10.1. The number of benzene rings is 3. The van der Waals surface area contributed by atoms with Gasteiger partial charge in [0.2, 0.25) is 0 Å². The largest absolute Gasteiger partial charge is 0.481 e. The average molecular weight is 479 g/mol.